The largest absolute Gasteiger partial charge is 0.466 e. The van der Waals surface area contributed by atoms with E-state index in [0.29, 0.717) is 6.61 Å². The van der Waals surface area contributed by atoms with Crippen LogP contribution in [0.4, 0.5) is 0 Å². The second-order valence-corrected chi connectivity index (χ2v) is 6.11. The lowest BCUT2D eigenvalue weighted by molar-refractivity contribution is -0.273. The van der Waals surface area contributed by atoms with Crippen LogP contribution in [0.25, 0.3) is 0 Å². The molecule has 6 heteroatoms. The first-order chi connectivity index (χ1) is 10.3. The lowest BCUT2D eigenvalue weighted by atomic mass is 10.0. The van der Waals surface area contributed by atoms with Crippen molar-refractivity contribution in [2.24, 2.45) is 5.92 Å². The number of carbonyl (C=O) groups excluding carboxylic acids is 1. The zero-order valence-corrected chi connectivity index (χ0v) is 14.0. The number of ether oxygens (including phenoxy) is 3. The molecule has 3 unspecified atom stereocenters. The molecule has 1 aliphatic rings. The van der Waals surface area contributed by atoms with E-state index in [-0.39, 0.29) is 30.5 Å². The summed E-state index contributed by atoms with van der Waals surface area (Å²) in [4.78, 5) is 11.5. The summed E-state index contributed by atoms with van der Waals surface area (Å²) in [7, 11) is 0. The van der Waals surface area contributed by atoms with E-state index in [4.69, 9.17) is 14.2 Å². The fraction of sp³-hybridized carbons (Fsp3) is 0.938. The van der Waals surface area contributed by atoms with Crippen molar-refractivity contribution in [2.45, 2.75) is 84.1 Å². The van der Waals surface area contributed by atoms with Crippen molar-refractivity contribution < 1.29 is 29.2 Å². The summed E-state index contributed by atoms with van der Waals surface area (Å²) in [6.45, 7) is 7.75. The van der Waals surface area contributed by atoms with Crippen LogP contribution in [0.5, 0.6) is 0 Å². The highest BCUT2D eigenvalue weighted by Gasteiger charge is 2.35. The van der Waals surface area contributed by atoms with Gasteiger partial charge in [-0.25, -0.2) is 0 Å². The van der Waals surface area contributed by atoms with Gasteiger partial charge < -0.3 is 24.4 Å². The molecule has 1 saturated heterocycles. The van der Waals surface area contributed by atoms with Gasteiger partial charge in [-0.1, -0.05) is 13.3 Å². The summed E-state index contributed by atoms with van der Waals surface area (Å²) < 4.78 is 16.2. The van der Waals surface area contributed by atoms with Gasteiger partial charge in [0, 0.05) is 6.42 Å². The average Bonchev–Trinajstić information content (AvgIpc) is 2.44. The van der Waals surface area contributed by atoms with Gasteiger partial charge in [0.2, 0.25) is 0 Å². The number of hydrogen-bond donors (Lipinski definition) is 2. The number of aliphatic hydroxyl groups excluding tert-OH is 2. The minimum absolute atomic E-state index is 0.0866. The molecule has 0 spiro atoms. The van der Waals surface area contributed by atoms with E-state index in [1.165, 1.54) is 0 Å². The third-order valence-corrected chi connectivity index (χ3v) is 3.99. The number of rotatable bonds is 8. The molecule has 1 aliphatic heterocycles. The second-order valence-electron chi connectivity index (χ2n) is 6.11. The summed E-state index contributed by atoms with van der Waals surface area (Å²) >= 11 is 0. The van der Waals surface area contributed by atoms with Gasteiger partial charge in [0.15, 0.2) is 6.29 Å². The molecule has 1 heterocycles. The maximum absolute atomic E-state index is 11.5. The van der Waals surface area contributed by atoms with E-state index >= 15 is 0 Å². The SMILES string of the molecule is CCOC(=O)C(C)CCC[C@@H](C)OC1O[C@@H](C)C(O)C[C@H]1O. The lowest BCUT2D eigenvalue weighted by Gasteiger charge is -2.36. The Balaban J connectivity index is 2.25. The Labute approximate surface area is 132 Å². The van der Waals surface area contributed by atoms with E-state index in [0.717, 1.165) is 19.3 Å². The first-order valence-corrected chi connectivity index (χ1v) is 8.18. The third-order valence-electron chi connectivity index (χ3n) is 3.99. The first-order valence-electron chi connectivity index (χ1n) is 8.18. The molecular formula is C16H30O6. The van der Waals surface area contributed by atoms with Crippen LogP contribution in [0, 0.1) is 5.92 Å². The van der Waals surface area contributed by atoms with Crippen LogP contribution < -0.4 is 0 Å². The van der Waals surface area contributed by atoms with Crippen molar-refractivity contribution in [3.63, 3.8) is 0 Å². The van der Waals surface area contributed by atoms with E-state index < -0.39 is 18.5 Å². The molecule has 0 amide bonds. The molecule has 6 nitrogen and oxygen atoms in total. The first kappa shape index (κ1) is 19.4. The van der Waals surface area contributed by atoms with E-state index in [1.54, 1.807) is 13.8 Å². The maximum atomic E-state index is 11.5. The van der Waals surface area contributed by atoms with Crippen molar-refractivity contribution in [1.29, 1.82) is 0 Å². The maximum Gasteiger partial charge on any atom is 0.308 e. The smallest absolute Gasteiger partial charge is 0.308 e. The molecule has 0 bridgehead atoms. The van der Waals surface area contributed by atoms with Crippen molar-refractivity contribution in [2.75, 3.05) is 6.61 Å². The van der Waals surface area contributed by atoms with E-state index in [9.17, 15) is 15.0 Å². The van der Waals surface area contributed by atoms with Crippen molar-refractivity contribution in [3.05, 3.63) is 0 Å². The number of esters is 1. The van der Waals surface area contributed by atoms with Gasteiger partial charge in [-0.15, -0.1) is 0 Å². The van der Waals surface area contributed by atoms with Gasteiger partial charge in [-0.2, -0.15) is 0 Å². The number of hydrogen-bond acceptors (Lipinski definition) is 6. The predicted molar refractivity (Wildman–Crippen MR) is 81.2 cm³/mol. The highest BCUT2D eigenvalue weighted by atomic mass is 16.7. The molecule has 2 N–H and O–H groups in total. The summed E-state index contributed by atoms with van der Waals surface area (Å²) in [5.41, 5.74) is 0. The van der Waals surface area contributed by atoms with Crippen LogP contribution in [-0.4, -0.2) is 53.5 Å². The van der Waals surface area contributed by atoms with Gasteiger partial charge in [0.1, 0.15) is 6.10 Å². The van der Waals surface area contributed by atoms with E-state index in [1.807, 2.05) is 13.8 Å². The molecule has 6 atom stereocenters. The average molecular weight is 318 g/mol. The van der Waals surface area contributed by atoms with Crippen molar-refractivity contribution >= 4 is 5.97 Å². The minimum atomic E-state index is -0.813. The van der Waals surface area contributed by atoms with Gasteiger partial charge in [-0.3, -0.25) is 4.79 Å². The molecule has 0 aromatic heterocycles. The standard InChI is InChI=1S/C16H30O6/c1-5-20-15(19)10(2)7-6-8-11(3)21-16-14(18)9-13(17)12(4)22-16/h10-14,16-18H,5-9H2,1-4H3/t10?,11-,12+,13?,14-,16?/m1/s1. The highest BCUT2D eigenvalue weighted by molar-refractivity contribution is 5.71. The molecule has 0 aromatic carbocycles. The normalized spacial score (nSPS) is 31.5. The summed E-state index contributed by atoms with van der Waals surface area (Å²) in [6.07, 6.45) is 0.0170. The quantitative estimate of drug-likeness (QED) is 0.662. The summed E-state index contributed by atoms with van der Waals surface area (Å²) in [5.74, 6) is -0.274. The zero-order chi connectivity index (χ0) is 16.7. The minimum Gasteiger partial charge on any atom is -0.466 e. The van der Waals surface area contributed by atoms with Crippen LogP contribution in [0.15, 0.2) is 0 Å². The Kier molecular flexibility index (Phi) is 8.31. The number of aliphatic hydroxyl groups is 2. The molecule has 22 heavy (non-hydrogen) atoms. The van der Waals surface area contributed by atoms with Gasteiger partial charge in [-0.05, 0) is 33.6 Å². The summed E-state index contributed by atoms with van der Waals surface area (Å²) in [6, 6.07) is 0. The Hall–Kier alpha value is -0.690. The molecule has 0 aromatic rings. The lowest BCUT2D eigenvalue weighted by Crippen LogP contribution is -2.48. The molecule has 130 valence electrons. The molecular weight excluding hydrogens is 288 g/mol. The van der Waals surface area contributed by atoms with Gasteiger partial charge in [0.25, 0.3) is 0 Å². The monoisotopic (exact) mass is 318 g/mol. The van der Waals surface area contributed by atoms with Crippen LogP contribution >= 0.6 is 0 Å². The molecule has 1 fully saturated rings. The Morgan fingerprint density at radius 2 is 1.95 bits per heavy atom. The summed E-state index contributed by atoms with van der Waals surface area (Å²) in [5, 5.41) is 19.5. The fourth-order valence-electron chi connectivity index (χ4n) is 2.48. The Morgan fingerprint density at radius 1 is 1.27 bits per heavy atom. The van der Waals surface area contributed by atoms with Crippen LogP contribution in [0.3, 0.4) is 0 Å². The third kappa shape index (κ3) is 6.20. The molecule has 0 radical (unpaired) electrons. The van der Waals surface area contributed by atoms with Crippen LogP contribution in [-0.2, 0) is 19.0 Å². The number of carbonyl (C=O) groups is 1. The fourth-order valence-corrected chi connectivity index (χ4v) is 2.48. The topological polar surface area (TPSA) is 85.2 Å². The molecule has 1 rings (SSSR count). The molecule has 0 saturated carbocycles. The predicted octanol–water partition coefficient (Wildman–Crippen LogP) is 1.62. The van der Waals surface area contributed by atoms with Gasteiger partial charge in [0.05, 0.1) is 30.8 Å². The Bertz CT molecular complexity index is 335. The van der Waals surface area contributed by atoms with Crippen molar-refractivity contribution in [1.82, 2.24) is 0 Å². The van der Waals surface area contributed by atoms with Crippen LogP contribution in [0.2, 0.25) is 0 Å². The molecule has 0 aliphatic carbocycles. The van der Waals surface area contributed by atoms with E-state index in [2.05, 4.69) is 0 Å². The highest BCUT2D eigenvalue weighted by Crippen LogP contribution is 2.23. The van der Waals surface area contributed by atoms with Gasteiger partial charge >= 0.3 is 5.97 Å². The second kappa shape index (κ2) is 9.45. The van der Waals surface area contributed by atoms with Crippen molar-refractivity contribution in [3.8, 4) is 0 Å². The Morgan fingerprint density at radius 3 is 2.59 bits per heavy atom. The van der Waals surface area contributed by atoms with Crippen LogP contribution in [0.1, 0.15) is 53.4 Å². The zero-order valence-electron chi connectivity index (χ0n) is 14.0.